The highest BCUT2D eigenvalue weighted by atomic mass is 79.9. The molecule has 6 heteroatoms. The average Bonchev–Trinajstić information content (AvgIpc) is 2.39. The maximum atomic E-state index is 12.0. The van der Waals surface area contributed by atoms with Crippen molar-refractivity contribution in [3.05, 3.63) is 28.2 Å². The van der Waals surface area contributed by atoms with Crippen LogP contribution in [0.3, 0.4) is 0 Å². The topological polar surface area (TPSA) is 75.6 Å². The van der Waals surface area contributed by atoms with Gasteiger partial charge in [-0.3, -0.25) is 4.79 Å². The molecule has 2 N–H and O–H groups in total. The zero-order valence-corrected chi connectivity index (χ0v) is 13.9. The van der Waals surface area contributed by atoms with Crippen LogP contribution in [-0.2, 0) is 16.0 Å². The van der Waals surface area contributed by atoms with Gasteiger partial charge in [0.05, 0.1) is 13.5 Å². The third kappa shape index (κ3) is 5.75. The molecule has 0 aromatic heterocycles. The lowest BCUT2D eigenvalue weighted by molar-refractivity contribution is -0.142. The maximum absolute atomic E-state index is 12.0. The summed E-state index contributed by atoms with van der Waals surface area (Å²) in [7, 11) is 1.55. The lowest BCUT2D eigenvalue weighted by atomic mass is 10.0. The SMILES string of the molecule is COc1ccc(Br)c(CC(=O)N[C@@H](CC(C)C)C(=O)O)c1. The second kappa shape index (κ2) is 8.02. The van der Waals surface area contributed by atoms with E-state index in [-0.39, 0.29) is 18.2 Å². The van der Waals surface area contributed by atoms with Crippen LogP contribution in [0, 0.1) is 5.92 Å². The molecule has 0 spiro atoms. The van der Waals surface area contributed by atoms with Crippen molar-refractivity contribution in [3.63, 3.8) is 0 Å². The Bertz CT molecular complexity index is 516. The number of halogens is 1. The second-order valence-corrected chi connectivity index (χ2v) is 6.08. The Balaban J connectivity index is 2.74. The van der Waals surface area contributed by atoms with Gasteiger partial charge in [-0.25, -0.2) is 4.79 Å². The number of benzene rings is 1. The second-order valence-electron chi connectivity index (χ2n) is 5.22. The van der Waals surface area contributed by atoms with Crippen LogP contribution in [0.4, 0.5) is 0 Å². The number of carboxylic acids is 1. The van der Waals surface area contributed by atoms with Gasteiger partial charge in [-0.15, -0.1) is 0 Å². The molecule has 0 fully saturated rings. The molecule has 116 valence electrons. The molecule has 1 atom stereocenters. The van der Waals surface area contributed by atoms with Gasteiger partial charge >= 0.3 is 5.97 Å². The van der Waals surface area contributed by atoms with E-state index in [0.29, 0.717) is 12.2 Å². The minimum absolute atomic E-state index is 0.0969. The first-order chi connectivity index (χ1) is 9.83. The van der Waals surface area contributed by atoms with Gasteiger partial charge in [0.1, 0.15) is 11.8 Å². The van der Waals surface area contributed by atoms with Gasteiger partial charge in [0.2, 0.25) is 5.91 Å². The highest BCUT2D eigenvalue weighted by Crippen LogP contribution is 2.23. The van der Waals surface area contributed by atoms with Crippen LogP contribution in [-0.4, -0.2) is 30.1 Å². The number of aliphatic carboxylic acids is 1. The van der Waals surface area contributed by atoms with E-state index in [1.54, 1.807) is 25.3 Å². The van der Waals surface area contributed by atoms with Gasteiger partial charge < -0.3 is 15.2 Å². The van der Waals surface area contributed by atoms with Crippen molar-refractivity contribution in [2.75, 3.05) is 7.11 Å². The number of carbonyl (C=O) groups excluding carboxylic acids is 1. The van der Waals surface area contributed by atoms with Gasteiger partial charge in [0.15, 0.2) is 0 Å². The minimum atomic E-state index is -1.01. The molecule has 21 heavy (non-hydrogen) atoms. The molecular weight excluding hydrogens is 338 g/mol. The van der Waals surface area contributed by atoms with Gasteiger partial charge in [0, 0.05) is 4.47 Å². The number of ether oxygens (including phenoxy) is 1. The van der Waals surface area contributed by atoms with E-state index in [1.807, 2.05) is 13.8 Å². The highest BCUT2D eigenvalue weighted by molar-refractivity contribution is 9.10. The molecule has 0 aliphatic carbocycles. The number of hydrogen-bond donors (Lipinski definition) is 2. The van der Waals surface area contributed by atoms with E-state index >= 15 is 0 Å². The molecular formula is C15H20BrNO4. The van der Waals surface area contributed by atoms with E-state index in [9.17, 15) is 9.59 Å². The summed E-state index contributed by atoms with van der Waals surface area (Å²) in [6.45, 7) is 3.83. The fourth-order valence-corrected chi connectivity index (χ4v) is 2.31. The Hall–Kier alpha value is -1.56. The molecule has 1 aromatic carbocycles. The molecule has 0 bridgehead atoms. The van der Waals surface area contributed by atoms with E-state index in [2.05, 4.69) is 21.2 Å². The lowest BCUT2D eigenvalue weighted by Crippen LogP contribution is -2.42. The third-order valence-corrected chi connectivity index (χ3v) is 3.72. The summed E-state index contributed by atoms with van der Waals surface area (Å²) < 4.78 is 5.90. The highest BCUT2D eigenvalue weighted by Gasteiger charge is 2.21. The monoisotopic (exact) mass is 357 g/mol. The predicted molar refractivity (Wildman–Crippen MR) is 83.4 cm³/mol. The normalized spacial score (nSPS) is 12.0. The zero-order chi connectivity index (χ0) is 16.0. The van der Waals surface area contributed by atoms with E-state index in [1.165, 1.54) is 0 Å². The molecule has 1 aromatic rings. The summed E-state index contributed by atoms with van der Waals surface area (Å²) in [6.07, 6.45) is 0.500. The van der Waals surface area contributed by atoms with Gasteiger partial charge in [-0.2, -0.15) is 0 Å². The molecule has 0 radical (unpaired) electrons. The summed E-state index contributed by atoms with van der Waals surface area (Å²) in [6, 6.07) is 4.47. The molecule has 0 aliphatic heterocycles. The van der Waals surface area contributed by atoms with Crippen LogP contribution in [0.2, 0.25) is 0 Å². The van der Waals surface area contributed by atoms with Gasteiger partial charge in [-0.05, 0) is 36.1 Å². The molecule has 1 amide bonds. The first kappa shape index (κ1) is 17.5. The Morgan fingerprint density at radius 3 is 2.57 bits per heavy atom. The Morgan fingerprint density at radius 2 is 2.05 bits per heavy atom. The van der Waals surface area contributed by atoms with E-state index < -0.39 is 12.0 Å². The minimum Gasteiger partial charge on any atom is -0.497 e. The third-order valence-electron chi connectivity index (χ3n) is 2.94. The van der Waals surface area contributed by atoms with Crippen molar-refractivity contribution in [1.82, 2.24) is 5.32 Å². The first-order valence-electron chi connectivity index (χ1n) is 6.68. The van der Waals surface area contributed by atoms with Crippen LogP contribution >= 0.6 is 15.9 Å². The van der Waals surface area contributed by atoms with Crippen molar-refractivity contribution in [2.24, 2.45) is 5.92 Å². The van der Waals surface area contributed by atoms with Crippen LogP contribution in [0.1, 0.15) is 25.8 Å². The smallest absolute Gasteiger partial charge is 0.326 e. The molecule has 0 heterocycles. The van der Waals surface area contributed by atoms with Crippen LogP contribution in [0.25, 0.3) is 0 Å². The lowest BCUT2D eigenvalue weighted by Gasteiger charge is -2.16. The van der Waals surface area contributed by atoms with Gasteiger partial charge in [-0.1, -0.05) is 29.8 Å². The Morgan fingerprint density at radius 1 is 1.38 bits per heavy atom. The number of methoxy groups -OCH3 is 1. The molecule has 0 aliphatic rings. The Labute approximate surface area is 132 Å². The molecule has 5 nitrogen and oxygen atoms in total. The van der Waals surface area contributed by atoms with Crippen molar-refractivity contribution in [3.8, 4) is 5.75 Å². The number of carbonyl (C=O) groups is 2. The number of carboxylic acid groups (broad SMARTS) is 1. The van der Waals surface area contributed by atoms with E-state index in [0.717, 1.165) is 10.0 Å². The summed E-state index contributed by atoms with van der Waals surface area (Å²) in [5.74, 6) is -0.494. The molecule has 0 unspecified atom stereocenters. The number of rotatable bonds is 7. The summed E-state index contributed by atoms with van der Waals surface area (Å²) in [4.78, 5) is 23.2. The van der Waals surface area contributed by atoms with E-state index in [4.69, 9.17) is 9.84 Å². The van der Waals surface area contributed by atoms with Crippen LogP contribution in [0.5, 0.6) is 5.75 Å². The average molecular weight is 358 g/mol. The largest absolute Gasteiger partial charge is 0.497 e. The molecule has 0 saturated carbocycles. The summed E-state index contributed by atoms with van der Waals surface area (Å²) >= 11 is 3.37. The number of hydrogen-bond acceptors (Lipinski definition) is 3. The standard InChI is InChI=1S/C15H20BrNO4/c1-9(2)6-13(15(19)20)17-14(18)8-10-7-11(21-3)4-5-12(10)16/h4-5,7,9,13H,6,8H2,1-3H3,(H,17,18)(H,19,20)/t13-/m0/s1. The summed E-state index contributed by atoms with van der Waals surface area (Å²) in [5, 5.41) is 11.7. The summed E-state index contributed by atoms with van der Waals surface area (Å²) in [5.41, 5.74) is 0.750. The first-order valence-corrected chi connectivity index (χ1v) is 7.47. The van der Waals surface area contributed by atoms with Crippen LogP contribution in [0.15, 0.2) is 22.7 Å². The molecule has 0 saturated heterocycles. The zero-order valence-electron chi connectivity index (χ0n) is 12.4. The van der Waals surface area contributed by atoms with Gasteiger partial charge in [0.25, 0.3) is 0 Å². The van der Waals surface area contributed by atoms with Crippen LogP contribution < -0.4 is 10.1 Å². The number of nitrogens with one attached hydrogen (secondary N) is 1. The fraction of sp³-hybridized carbons (Fsp3) is 0.467. The van der Waals surface area contributed by atoms with Crippen molar-refractivity contribution in [1.29, 1.82) is 0 Å². The maximum Gasteiger partial charge on any atom is 0.326 e. The fourth-order valence-electron chi connectivity index (χ4n) is 1.92. The predicted octanol–water partition coefficient (Wildman–Crippen LogP) is 2.62. The van der Waals surface area contributed by atoms with Crippen molar-refractivity contribution < 1.29 is 19.4 Å². The molecule has 1 rings (SSSR count). The van der Waals surface area contributed by atoms with Crippen molar-refractivity contribution in [2.45, 2.75) is 32.7 Å². The Kier molecular flexibility index (Phi) is 6.68. The van der Waals surface area contributed by atoms with Crippen molar-refractivity contribution >= 4 is 27.8 Å². The quantitative estimate of drug-likeness (QED) is 0.786. The number of amides is 1.